The summed E-state index contributed by atoms with van der Waals surface area (Å²) in [6.07, 6.45) is 0. The van der Waals surface area contributed by atoms with Gasteiger partial charge in [-0.3, -0.25) is 0 Å². The summed E-state index contributed by atoms with van der Waals surface area (Å²) in [5.74, 6) is -0.374. The minimum Gasteiger partial charge on any atom is -0.397 e. The summed E-state index contributed by atoms with van der Waals surface area (Å²) >= 11 is 6.62. The lowest BCUT2D eigenvalue weighted by Crippen LogP contribution is -1.97. The number of nitrogens with one attached hydrogen (secondary N) is 1. The maximum Gasteiger partial charge on any atom is 0.139 e. The molecule has 3 N–H and O–H groups in total. The second kappa shape index (κ2) is 5.66. The van der Waals surface area contributed by atoms with Gasteiger partial charge in [-0.15, -0.1) is 0 Å². The Kier molecular flexibility index (Phi) is 3.87. The maximum absolute atomic E-state index is 13.4. The van der Waals surface area contributed by atoms with E-state index in [1.54, 1.807) is 6.07 Å². The molecule has 0 radical (unpaired) electrons. The van der Waals surface area contributed by atoms with Crippen molar-refractivity contribution >= 4 is 59.7 Å². The van der Waals surface area contributed by atoms with Crippen LogP contribution >= 0.6 is 31.9 Å². The third-order valence-corrected chi connectivity index (χ3v) is 4.27. The molecule has 3 aromatic rings. The fraction of sp³-hybridized carbons (Fsp3) is 0. The van der Waals surface area contributed by atoms with Crippen LogP contribution in [0, 0.1) is 5.82 Å². The summed E-state index contributed by atoms with van der Waals surface area (Å²) in [6, 6.07) is 15.0. The normalized spacial score (nSPS) is 10.8. The van der Waals surface area contributed by atoms with Crippen LogP contribution < -0.4 is 11.1 Å². The smallest absolute Gasteiger partial charge is 0.139 e. The fourth-order valence-electron chi connectivity index (χ4n) is 2.12. The van der Waals surface area contributed by atoms with Crippen molar-refractivity contribution < 1.29 is 4.39 Å². The lowest BCUT2D eigenvalue weighted by molar-refractivity contribution is 0.622. The molecule has 0 aliphatic heterocycles. The molecule has 21 heavy (non-hydrogen) atoms. The van der Waals surface area contributed by atoms with Crippen LogP contribution in [0.15, 0.2) is 57.5 Å². The van der Waals surface area contributed by atoms with Crippen LogP contribution in [-0.2, 0) is 0 Å². The van der Waals surface area contributed by atoms with Crippen LogP contribution in [-0.4, -0.2) is 0 Å². The van der Waals surface area contributed by atoms with Gasteiger partial charge in [0.15, 0.2) is 0 Å². The van der Waals surface area contributed by atoms with Crippen LogP contribution in [0.1, 0.15) is 0 Å². The number of nitrogen functional groups attached to an aromatic ring is 1. The van der Waals surface area contributed by atoms with Gasteiger partial charge in [0.1, 0.15) is 5.82 Å². The van der Waals surface area contributed by atoms with E-state index in [9.17, 15) is 4.39 Å². The molecule has 0 saturated heterocycles. The Morgan fingerprint density at radius 3 is 2.43 bits per heavy atom. The predicted octanol–water partition coefficient (Wildman–Crippen LogP) is 5.83. The Labute approximate surface area is 138 Å². The average molecular weight is 410 g/mol. The lowest BCUT2D eigenvalue weighted by Gasteiger charge is -2.11. The number of hydrogen-bond donors (Lipinski definition) is 2. The highest BCUT2D eigenvalue weighted by atomic mass is 79.9. The molecule has 0 aliphatic carbocycles. The Bertz CT molecular complexity index is 834. The number of nitrogens with two attached hydrogens (primary N) is 1. The highest BCUT2D eigenvalue weighted by molar-refractivity contribution is 9.10. The number of fused-ring (bicyclic) bond motifs is 1. The van der Waals surface area contributed by atoms with Crippen molar-refractivity contribution in [2.75, 3.05) is 11.1 Å². The molecular weight excluding hydrogens is 399 g/mol. The molecule has 0 heterocycles. The second-order valence-electron chi connectivity index (χ2n) is 4.68. The second-order valence-corrected chi connectivity index (χ2v) is 6.45. The Balaban J connectivity index is 1.98. The highest BCUT2D eigenvalue weighted by Gasteiger charge is 2.06. The van der Waals surface area contributed by atoms with E-state index in [0.717, 1.165) is 20.9 Å². The molecule has 0 atom stereocenters. The molecule has 0 fully saturated rings. The van der Waals surface area contributed by atoms with Crippen LogP contribution in [0.5, 0.6) is 0 Å². The topological polar surface area (TPSA) is 38.0 Å². The third kappa shape index (κ3) is 3.04. The van der Waals surface area contributed by atoms with E-state index < -0.39 is 0 Å². The number of hydrogen-bond acceptors (Lipinski definition) is 2. The predicted molar refractivity (Wildman–Crippen MR) is 93.4 cm³/mol. The zero-order chi connectivity index (χ0) is 15.0. The number of benzene rings is 3. The first-order valence-corrected chi connectivity index (χ1v) is 7.82. The van der Waals surface area contributed by atoms with Gasteiger partial charge in [-0.2, -0.15) is 0 Å². The van der Waals surface area contributed by atoms with Crippen LogP contribution in [0.2, 0.25) is 0 Å². The summed E-state index contributed by atoms with van der Waals surface area (Å²) in [5, 5.41) is 5.47. The molecule has 0 aliphatic rings. The first-order chi connectivity index (χ1) is 10.0. The van der Waals surface area contributed by atoms with Crippen molar-refractivity contribution in [3.8, 4) is 0 Å². The zero-order valence-electron chi connectivity index (χ0n) is 10.8. The number of rotatable bonds is 2. The van der Waals surface area contributed by atoms with Crippen molar-refractivity contribution in [2.45, 2.75) is 0 Å². The quantitative estimate of drug-likeness (QED) is 0.522. The zero-order valence-corrected chi connectivity index (χ0v) is 14.0. The first-order valence-electron chi connectivity index (χ1n) is 6.24. The largest absolute Gasteiger partial charge is 0.397 e. The van der Waals surface area contributed by atoms with Gasteiger partial charge in [0, 0.05) is 16.2 Å². The van der Waals surface area contributed by atoms with E-state index in [1.807, 2.05) is 30.3 Å². The van der Waals surface area contributed by atoms with Crippen molar-refractivity contribution in [1.29, 1.82) is 0 Å². The van der Waals surface area contributed by atoms with Crippen molar-refractivity contribution in [3.05, 3.63) is 63.3 Å². The lowest BCUT2D eigenvalue weighted by atomic mass is 10.1. The fourth-order valence-corrected chi connectivity index (χ4v) is 2.84. The summed E-state index contributed by atoms with van der Waals surface area (Å²) in [5.41, 5.74) is 7.77. The average Bonchev–Trinajstić information content (AvgIpc) is 2.45. The van der Waals surface area contributed by atoms with E-state index in [-0.39, 0.29) is 5.82 Å². The van der Waals surface area contributed by atoms with Gasteiger partial charge in [-0.05, 0) is 57.0 Å². The summed E-state index contributed by atoms with van der Waals surface area (Å²) in [6.45, 7) is 0. The molecule has 0 saturated carbocycles. The third-order valence-electron chi connectivity index (χ3n) is 3.17. The molecule has 5 heteroatoms. The molecule has 0 spiro atoms. The molecule has 0 bridgehead atoms. The van der Waals surface area contributed by atoms with E-state index >= 15 is 0 Å². The van der Waals surface area contributed by atoms with Crippen LogP contribution in [0.4, 0.5) is 21.5 Å². The van der Waals surface area contributed by atoms with Crippen molar-refractivity contribution in [3.63, 3.8) is 0 Å². The van der Waals surface area contributed by atoms with Gasteiger partial charge >= 0.3 is 0 Å². The maximum atomic E-state index is 13.4. The summed E-state index contributed by atoms with van der Waals surface area (Å²) in [4.78, 5) is 0. The van der Waals surface area contributed by atoms with Crippen molar-refractivity contribution in [2.24, 2.45) is 0 Å². The number of anilines is 3. The Morgan fingerprint density at radius 1 is 0.905 bits per heavy atom. The van der Waals surface area contributed by atoms with Crippen LogP contribution in [0.25, 0.3) is 10.8 Å². The first kappa shape index (κ1) is 14.4. The molecule has 0 amide bonds. The molecule has 0 aromatic heterocycles. The minimum atomic E-state index is -0.374. The monoisotopic (exact) mass is 408 g/mol. The van der Waals surface area contributed by atoms with Gasteiger partial charge in [-0.25, -0.2) is 4.39 Å². The molecule has 3 aromatic carbocycles. The molecular formula is C16H11Br2FN2. The van der Waals surface area contributed by atoms with Gasteiger partial charge < -0.3 is 11.1 Å². The Hall–Kier alpha value is -1.59. The molecule has 0 unspecified atom stereocenters. The molecule has 106 valence electrons. The van der Waals surface area contributed by atoms with E-state index in [0.29, 0.717) is 15.8 Å². The molecule has 3 rings (SSSR count). The number of halogens is 3. The van der Waals surface area contributed by atoms with E-state index in [1.165, 1.54) is 6.07 Å². The van der Waals surface area contributed by atoms with Crippen molar-refractivity contribution in [1.82, 2.24) is 0 Å². The minimum absolute atomic E-state index is 0.367. The van der Waals surface area contributed by atoms with E-state index in [4.69, 9.17) is 5.73 Å². The Morgan fingerprint density at radius 2 is 1.62 bits per heavy atom. The highest BCUT2D eigenvalue weighted by Crippen LogP contribution is 2.30. The summed E-state index contributed by atoms with van der Waals surface area (Å²) < 4.78 is 14.8. The SMILES string of the molecule is Nc1cc(F)c(Br)cc1Nc1ccc2cc(Br)ccc2c1. The van der Waals surface area contributed by atoms with E-state index in [2.05, 4.69) is 43.2 Å². The van der Waals surface area contributed by atoms with Gasteiger partial charge in [0.2, 0.25) is 0 Å². The van der Waals surface area contributed by atoms with Gasteiger partial charge in [-0.1, -0.05) is 28.1 Å². The van der Waals surface area contributed by atoms with Gasteiger partial charge in [0.05, 0.1) is 15.8 Å². The standard InChI is InChI=1S/C16H11Br2FN2/c17-11-3-1-10-6-12(4-2-9(10)5-11)21-16-7-13(18)14(19)8-15(16)20/h1-8,21H,20H2. The van der Waals surface area contributed by atoms with Crippen LogP contribution in [0.3, 0.4) is 0 Å². The summed E-state index contributed by atoms with van der Waals surface area (Å²) in [7, 11) is 0. The molecule has 2 nitrogen and oxygen atoms in total. The van der Waals surface area contributed by atoms with Gasteiger partial charge in [0.25, 0.3) is 0 Å².